The van der Waals surface area contributed by atoms with Gasteiger partial charge in [-0.05, 0) is 57.6 Å². The summed E-state index contributed by atoms with van der Waals surface area (Å²) in [6.45, 7) is 0. The van der Waals surface area contributed by atoms with E-state index in [4.69, 9.17) is 0 Å². The highest BCUT2D eigenvalue weighted by Crippen LogP contribution is 2.39. The van der Waals surface area contributed by atoms with Gasteiger partial charge < -0.3 is 4.90 Å². The van der Waals surface area contributed by atoms with Crippen molar-refractivity contribution >= 4 is 51.9 Å². The lowest BCUT2D eigenvalue weighted by molar-refractivity contribution is 1.30. The minimum Gasteiger partial charge on any atom is -0.310 e. The number of para-hydroxylation sites is 1. The van der Waals surface area contributed by atoms with Crippen LogP contribution in [0, 0.1) is 0 Å². The van der Waals surface area contributed by atoms with Crippen molar-refractivity contribution in [2.24, 2.45) is 0 Å². The van der Waals surface area contributed by atoms with Crippen LogP contribution in [0.4, 0.5) is 17.1 Å². The predicted octanol–water partition coefficient (Wildman–Crippen LogP) is 7.39. The van der Waals surface area contributed by atoms with Crippen molar-refractivity contribution in [1.82, 2.24) is 0 Å². The Balaban J connectivity index is 1.50. The van der Waals surface area contributed by atoms with E-state index in [1.807, 2.05) is 0 Å². The maximum atomic E-state index is 2.35. The van der Waals surface area contributed by atoms with Crippen molar-refractivity contribution in [3.8, 4) is 11.1 Å². The molecular weight excluding hydrogens is 409 g/mol. The quantitative estimate of drug-likeness (QED) is 0.262. The molecule has 0 aromatic heterocycles. The SMILES string of the molecule is Bc1ccc(-c2ccc(N(c3ccccc3)c3cccc4ccccc34)cc2)c2ccccc12. The largest absolute Gasteiger partial charge is 0.310 e. The van der Waals surface area contributed by atoms with Gasteiger partial charge in [-0.2, -0.15) is 0 Å². The zero-order chi connectivity index (χ0) is 22.9. The van der Waals surface area contributed by atoms with Gasteiger partial charge in [0.1, 0.15) is 7.85 Å². The first-order valence-electron chi connectivity index (χ1n) is 11.7. The van der Waals surface area contributed by atoms with Crippen molar-refractivity contribution in [3.05, 3.63) is 133 Å². The minimum atomic E-state index is 1.14. The van der Waals surface area contributed by atoms with Crippen LogP contribution in [-0.2, 0) is 0 Å². The summed E-state index contributed by atoms with van der Waals surface area (Å²) in [5.41, 5.74) is 7.27. The molecule has 160 valence electrons. The second kappa shape index (κ2) is 8.57. The highest BCUT2D eigenvalue weighted by atomic mass is 15.1. The first-order chi connectivity index (χ1) is 16.8. The molecule has 0 unspecified atom stereocenters. The van der Waals surface area contributed by atoms with Gasteiger partial charge in [0.25, 0.3) is 0 Å². The first-order valence-corrected chi connectivity index (χ1v) is 11.7. The molecule has 0 fully saturated rings. The second-order valence-electron chi connectivity index (χ2n) is 8.69. The van der Waals surface area contributed by atoms with Crippen LogP contribution >= 0.6 is 0 Å². The van der Waals surface area contributed by atoms with Crippen LogP contribution in [0.2, 0.25) is 0 Å². The molecule has 0 aliphatic rings. The van der Waals surface area contributed by atoms with Crippen molar-refractivity contribution in [2.75, 3.05) is 4.90 Å². The number of nitrogens with zero attached hydrogens (tertiary/aromatic N) is 1. The molecule has 0 aliphatic carbocycles. The van der Waals surface area contributed by atoms with Gasteiger partial charge in [-0.1, -0.05) is 109 Å². The van der Waals surface area contributed by atoms with Gasteiger partial charge in [0.05, 0.1) is 5.69 Å². The number of rotatable bonds is 4. The highest BCUT2D eigenvalue weighted by Gasteiger charge is 2.15. The Morgan fingerprint density at radius 1 is 0.441 bits per heavy atom. The lowest BCUT2D eigenvalue weighted by atomic mass is 9.86. The molecule has 0 amide bonds. The van der Waals surface area contributed by atoms with Gasteiger partial charge in [-0.3, -0.25) is 0 Å². The van der Waals surface area contributed by atoms with E-state index in [1.165, 1.54) is 43.8 Å². The van der Waals surface area contributed by atoms with Gasteiger partial charge in [0.15, 0.2) is 0 Å². The Hall–Kier alpha value is -4.30. The predicted molar refractivity (Wildman–Crippen MR) is 150 cm³/mol. The van der Waals surface area contributed by atoms with Gasteiger partial charge in [0, 0.05) is 16.8 Å². The number of benzene rings is 6. The maximum absolute atomic E-state index is 2.35. The van der Waals surface area contributed by atoms with E-state index >= 15 is 0 Å². The van der Waals surface area contributed by atoms with E-state index in [9.17, 15) is 0 Å². The summed E-state index contributed by atoms with van der Waals surface area (Å²) in [5, 5.41) is 5.08. The molecule has 1 nitrogen and oxygen atoms in total. The van der Waals surface area contributed by atoms with Crippen molar-refractivity contribution in [3.63, 3.8) is 0 Å². The topological polar surface area (TPSA) is 3.24 Å². The molecule has 0 N–H and O–H groups in total. The fourth-order valence-electron chi connectivity index (χ4n) is 4.90. The molecule has 0 atom stereocenters. The second-order valence-corrected chi connectivity index (χ2v) is 8.69. The summed E-state index contributed by atoms with van der Waals surface area (Å²) in [6, 6.07) is 47.8. The Morgan fingerprint density at radius 3 is 1.85 bits per heavy atom. The molecule has 0 saturated heterocycles. The van der Waals surface area contributed by atoms with Crippen molar-refractivity contribution < 1.29 is 0 Å². The maximum Gasteiger partial charge on any atom is 0.140 e. The molecular formula is C32H24BN. The zero-order valence-electron chi connectivity index (χ0n) is 19.1. The zero-order valence-corrected chi connectivity index (χ0v) is 19.1. The smallest absolute Gasteiger partial charge is 0.140 e. The molecule has 0 saturated carbocycles. The Labute approximate surface area is 201 Å². The summed E-state index contributed by atoms with van der Waals surface area (Å²) in [5.74, 6) is 0. The summed E-state index contributed by atoms with van der Waals surface area (Å²) in [4.78, 5) is 2.35. The minimum absolute atomic E-state index is 1.14. The van der Waals surface area contributed by atoms with Crippen LogP contribution in [-0.4, -0.2) is 7.85 Å². The standard InChI is InChI=1S/C32H24BN/c33-31-22-21-27(29-14-6-7-15-30(29)31)24-17-19-26(20-18-24)34(25-11-2-1-3-12-25)32-16-8-10-23-9-4-5-13-28(23)32/h1-22H,33H2. The molecule has 6 rings (SSSR count). The third kappa shape index (κ3) is 3.54. The number of hydrogen-bond donors (Lipinski definition) is 0. The molecule has 6 aromatic rings. The summed E-state index contributed by atoms with van der Waals surface area (Å²) in [6.07, 6.45) is 0. The van der Waals surface area contributed by atoms with Crippen LogP contribution in [0.25, 0.3) is 32.7 Å². The fraction of sp³-hybridized carbons (Fsp3) is 0. The fourth-order valence-corrected chi connectivity index (χ4v) is 4.90. The van der Waals surface area contributed by atoms with Gasteiger partial charge in [-0.15, -0.1) is 0 Å². The molecule has 0 radical (unpaired) electrons. The first kappa shape index (κ1) is 20.3. The van der Waals surface area contributed by atoms with Crippen LogP contribution in [0.5, 0.6) is 0 Å². The monoisotopic (exact) mass is 433 g/mol. The average Bonchev–Trinajstić information content (AvgIpc) is 2.91. The van der Waals surface area contributed by atoms with E-state index in [1.54, 1.807) is 0 Å². The molecule has 0 bridgehead atoms. The third-order valence-electron chi connectivity index (χ3n) is 6.60. The summed E-state index contributed by atoms with van der Waals surface area (Å²) >= 11 is 0. The Morgan fingerprint density at radius 2 is 1.06 bits per heavy atom. The van der Waals surface area contributed by atoms with Crippen LogP contribution in [0.3, 0.4) is 0 Å². The van der Waals surface area contributed by atoms with Gasteiger partial charge in [-0.25, -0.2) is 0 Å². The molecule has 0 spiro atoms. The van der Waals surface area contributed by atoms with E-state index in [2.05, 4.69) is 146 Å². The average molecular weight is 433 g/mol. The highest BCUT2D eigenvalue weighted by molar-refractivity contribution is 6.39. The van der Waals surface area contributed by atoms with Crippen LogP contribution in [0.15, 0.2) is 133 Å². The molecule has 0 aliphatic heterocycles. The number of hydrogen-bond acceptors (Lipinski definition) is 1. The van der Waals surface area contributed by atoms with Crippen LogP contribution in [0.1, 0.15) is 0 Å². The van der Waals surface area contributed by atoms with E-state index < -0.39 is 0 Å². The Kier molecular flexibility index (Phi) is 5.12. The van der Waals surface area contributed by atoms with E-state index in [0.717, 1.165) is 11.4 Å². The van der Waals surface area contributed by atoms with Crippen LogP contribution < -0.4 is 10.4 Å². The molecule has 2 heteroatoms. The molecule has 6 aromatic carbocycles. The lowest BCUT2D eigenvalue weighted by Crippen LogP contribution is -2.10. The number of fused-ring (bicyclic) bond motifs is 2. The normalized spacial score (nSPS) is 11.1. The van der Waals surface area contributed by atoms with Gasteiger partial charge >= 0.3 is 0 Å². The summed E-state index contributed by atoms with van der Waals surface area (Å²) in [7, 11) is 2.18. The van der Waals surface area contributed by atoms with E-state index in [0.29, 0.717) is 0 Å². The van der Waals surface area contributed by atoms with Crippen molar-refractivity contribution in [2.45, 2.75) is 0 Å². The number of anilines is 3. The summed E-state index contributed by atoms with van der Waals surface area (Å²) < 4.78 is 0. The molecule has 0 heterocycles. The molecule has 34 heavy (non-hydrogen) atoms. The third-order valence-corrected chi connectivity index (χ3v) is 6.60. The Bertz CT molecular complexity index is 1600. The van der Waals surface area contributed by atoms with Gasteiger partial charge in [0.2, 0.25) is 0 Å². The van der Waals surface area contributed by atoms with E-state index in [-0.39, 0.29) is 0 Å². The van der Waals surface area contributed by atoms with Crippen molar-refractivity contribution in [1.29, 1.82) is 0 Å². The lowest BCUT2D eigenvalue weighted by Gasteiger charge is -2.27.